The molecule has 1 saturated carbocycles. The average molecular weight is 356 g/mol. The van der Waals surface area contributed by atoms with E-state index in [1.807, 2.05) is 24.1 Å². The fourth-order valence-electron chi connectivity index (χ4n) is 2.61. The van der Waals surface area contributed by atoms with Crippen molar-refractivity contribution in [3.63, 3.8) is 0 Å². The zero-order valence-corrected chi connectivity index (χ0v) is 14.4. The number of hydrogen-bond donors (Lipinski definition) is 0. The van der Waals surface area contributed by atoms with Gasteiger partial charge in [0, 0.05) is 23.3 Å². The summed E-state index contributed by atoms with van der Waals surface area (Å²) < 4.78 is 1.10. The molecule has 2 nitrogen and oxygen atoms in total. The van der Waals surface area contributed by atoms with Crippen molar-refractivity contribution in [1.29, 1.82) is 0 Å². The number of hydrogen-bond acceptors (Lipinski definition) is 2. The molecule has 20 heavy (non-hydrogen) atoms. The summed E-state index contributed by atoms with van der Waals surface area (Å²) in [5, 5.41) is 0. The standard InChI is InChI=1S/C16H22BrNOS/c1-18(15-5-3-2-4-6-15)16(19)12-20-11-13-7-9-14(17)10-8-13/h7-10,15H,2-6,11-12H2,1H3. The van der Waals surface area contributed by atoms with Crippen LogP contribution in [0.2, 0.25) is 0 Å². The van der Waals surface area contributed by atoms with E-state index in [-0.39, 0.29) is 5.91 Å². The molecule has 0 aliphatic heterocycles. The van der Waals surface area contributed by atoms with Gasteiger partial charge in [0.1, 0.15) is 0 Å². The lowest BCUT2D eigenvalue weighted by atomic mass is 9.94. The van der Waals surface area contributed by atoms with Gasteiger partial charge in [-0.05, 0) is 30.5 Å². The molecule has 0 spiro atoms. The van der Waals surface area contributed by atoms with Crippen LogP contribution < -0.4 is 0 Å². The van der Waals surface area contributed by atoms with Crippen LogP contribution in [0.5, 0.6) is 0 Å². The third-order valence-electron chi connectivity index (χ3n) is 3.92. The second kappa shape index (κ2) is 8.08. The molecule has 2 rings (SSSR count). The molecule has 1 fully saturated rings. The Morgan fingerprint density at radius 3 is 2.55 bits per heavy atom. The maximum absolute atomic E-state index is 12.2. The van der Waals surface area contributed by atoms with Crippen LogP contribution in [0, 0.1) is 0 Å². The molecule has 0 N–H and O–H groups in total. The summed E-state index contributed by atoms with van der Waals surface area (Å²) in [6.07, 6.45) is 6.23. The van der Waals surface area contributed by atoms with Crippen molar-refractivity contribution in [2.45, 2.75) is 43.9 Å². The predicted molar refractivity (Wildman–Crippen MR) is 89.9 cm³/mol. The summed E-state index contributed by atoms with van der Waals surface area (Å²) in [5.41, 5.74) is 1.27. The Balaban J connectivity index is 1.72. The van der Waals surface area contributed by atoms with Crippen LogP contribution in [-0.4, -0.2) is 29.6 Å². The van der Waals surface area contributed by atoms with E-state index >= 15 is 0 Å². The molecule has 110 valence electrons. The molecule has 1 aliphatic rings. The van der Waals surface area contributed by atoms with Crippen molar-refractivity contribution < 1.29 is 4.79 Å². The summed E-state index contributed by atoms with van der Waals surface area (Å²) in [5.74, 6) is 1.76. The zero-order chi connectivity index (χ0) is 14.4. The van der Waals surface area contributed by atoms with Crippen molar-refractivity contribution in [2.24, 2.45) is 0 Å². The highest BCUT2D eigenvalue weighted by molar-refractivity contribution is 9.10. The second-order valence-corrected chi connectivity index (χ2v) is 7.32. The first-order chi connectivity index (χ1) is 9.66. The number of nitrogens with zero attached hydrogens (tertiary/aromatic N) is 1. The van der Waals surface area contributed by atoms with Gasteiger partial charge in [0.05, 0.1) is 5.75 Å². The minimum Gasteiger partial charge on any atom is -0.342 e. The van der Waals surface area contributed by atoms with Gasteiger partial charge in [0.25, 0.3) is 0 Å². The molecule has 1 aromatic carbocycles. The van der Waals surface area contributed by atoms with Crippen LogP contribution in [0.4, 0.5) is 0 Å². The molecule has 0 saturated heterocycles. The lowest BCUT2D eigenvalue weighted by Crippen LogP contribution is -2.39. The predicted octanol–water partition coefficient (Wildman–Crippen LogP) is 4.47. The number of benzene rings is 1. The molecule has 0 unspecified atom stereocenters. The highest BCUT2D eigenvalue weighted by Gasteiger charge is 2.21. The van der Waals surface area contributed by atoms with Gasteiger partial charge in [-0.2, -0.15) is 0 Å². The van der Waals surface area contributed by atoms with Crippen LogP contribution in [0.3, 0.4) is 0 Å². The van der Waals surface area contributed by atoms with Crippen molar-refractivity contribution in [1.82, 2.24) is 4.90 Å². The average Bonchev–Trinajstić information content (AvgIpc) is 2.49. The zero-order valence-electron chi connectivity index (χ0n) is 12.0. The molecule has 4 heteroatoms. The van der Waals surface area contributed by atoms with Crippen molar-refractivity contribution in [2.75, 3.05) is 12.8 Å². The molecular weight excluding hydrogens is 334 g/mol. The van der Waals surface area contributed by atoms with E-state index in [0.29, 0.717) is 11.8 Å². The van der Waals surface area contributed by atoms with Gasteiger partial charge in [0.15, 0.2) is 0 Å². The quantitative estimate of drug-likeness (QED) is 0.776. The van der Waals surface area contributed by atoms with Crippen molar-refractivity contribution in [3.8, 4) is 0 Å². The molecule has 1 aliphatic carbocycles. The van der Waals surface area contributed by atoms with Crippen molar-refractivity contribution in [3.05, 3.63) is 34.3 Å². The lowest BCUT2D eigenvalue weighted by Gasteiger charge is -2.31. The lowest BCUT2D eigenvalue weighted by molar-refractivity contribution is -0.129. The topological polar surface area (TPSA) is 20.3 Å². The summed E-state index contributed by atoms with van der Waals surface area (Å²) in [4.78, 5) is 14.2. The minimum absolute atomic E-state index is 0.277. The van der Waals surface area contributed by atoms with Crippen molar-refractivity contribution >= 4 is 33.6 Å². The third kappa shape index (κ3) is 4.81. The van der Waals surface area contributed by atoms with Gasteiger partial charge in [0.2, 0.25) is 5.91 Å². The Bertz CT molecular complexity index is 429. The maximum atomic E-state index is 12.2. The molecule has 1 amide bonds. The molecular formula is C16H22BrNOS. The molecule has 1 aromatic rings. The van der Waals surface area contributed by atoms with Gasteiger partial charge in [-0.15, -0.1) is 11.8 Å². The summed E-state index contributed by atoms with van der Waals surface area (Å²) in [6, 6.07) is 8.78. The number of rotatable bonds is 5. The first-order valence-electron chi connectivity index (χ1n) is 7.24. The second-order valence-electron chi connectivity index (χ2n) is 5.42. The fraction of sp³-hybridized carbons (Fsp3) is 0.562. The number of amides is 1. The van der Waals surface area contributed by atoms with Gasteiger partial charge in [-0.25, -0.2) is 0 Å². The van der Waals surface area contributed by atoms with Crippen LogP contribution >= 0.6 is 27.7 Å². The minimum atomic E-state index is 0.277. The Morgan fingerprint density at radius 2 is 1.90 bits per heavy atom. The molecule has 0 heterocycles. The van der Waals surface area contributed by atoms with Gasteiger partial charge < -0.3 is 4.90 Å². The Kier molecular flexibility index (Phi) is 6.43. The Morgan fingerprint density at radius 1 is 1.25 bits per heavy atom. The van der Waals surface area contributed by atoms with Crippen LogP contribution in [0.15, 0.2) is 28.7 Å². The fourth-order valence-corrected chi connectivity index (χ4v) is 3.78. The normalized spacial score (nSPS) is 16.1. The van der Waals surface area contributed by atoms with E-state index in [1.165, 1.54) is 37.7 Å². The molecule has 0 atom stereocenters. The number of thioether (sulfide) groups is 1. The number of carbonyl (C=O) groups excluding carboxylic acids is 1. The molecule has 0 bridgehead atoms. The van der Waals surface area contributed by atoms with E-state index < -0.39 is 0 Å². The first kappa shape index (κ1) is 15.9. The molecule has 0 radical (unpaired) electrons. The van der Waals surface area contributed by atoms with E-state index in [0.717, 1.165) is 10.2 Å². The van der Waals surface area contributed by atoms with Crippen LogP contribution in [0.25, 0.3) is 0 Å². The maximum Gasteiger partial charge on any atom is 0.232 e. The van der Waals surface area contributed by atoms with Gasteiger partial charge in [-0.3, -0.25) is 4.79 Å². The SMILES string of the molecule is CN(C(=O)CSCc1ccc(Br)cc1)C1CCCCC1. The van der Waals surface area contributed by atoms with E-state index in [4.69, 9.17) is 0 Å². The summed E-state index contributed by atoms with van der Waals surface area (Å²) in [7, 11) is 1.97. The highest BCUT2D eigenvalue weighted by Crippen LogP contribution is 2.22. The largest absolute Gasteiger partial charge is 0.342 e. The van der Waals surface area contributed by atoms with Gasteiger partial charge in [-0.1, -0.05) is 47.3 Å². The van der Waals surface area contributed by atoms with Gasteiger partial charge >= 0.3 is 0 Å². The van der Waals surface area contributed by atoms with E-state index in [1.54, 1.807) is 11.8 Å². The number of carbonyl (C=O) groups is 1. The van der Waals surface area contributed by atoms with E-state index in [9.17, 15) is 4.79 Å². The Hall–Kier alpha value is -0.480. The molecule has 0 aromatic heterocycles. The summed E-state index contributed by atoms with van der Waals surface area (Å²) in [6.45, 7) is 0. The number of halogens is 1. The third-order valence-corrected chi connectivity index (χ3v) is 5.44. The first-order valence-corrected chi connectivity index (χ1v) is 9.19. The van der Waals surface area contributed by atoms with E-state index in [2.05, 4.69) is 28.1 Å². The van der Waals surface area contributed by atoms with Crippen LogP contribution in [-0.2, 0) is 10.5 Å². The summed E-state index contributed by atoms with van der Waals surface area (Å²) >= 11 is 5.14. The smallest absolute Gasteiger partial charge is 0.232 e. The Labute approximate surface area is 134 Å². The highest BCUT2D eigenvalue weighted by atomic mass is 79.9. The monoisotopic (exact) mass is 355 g/mol. The van der Waals surface area contributed by atoms with Crippen LogP contribution in [0.1, 0.15) is 37.7 Å².